The first-order chi connectivity index (χ1) is 8.31. The number of anilines is 1. The molecule has 1 unspecified atom stereocenters. The van der Waals surface area contributed by atoms with Crippen LogP contribution in [-0.4, -0.2) is 9.97 Å². The molecule has 0 saturated heterocycles. The van der Waals surface area contributed by atoms with Gasteiger partial charge in [-0.1, -0.05) is 31.0 Å². The van der Waals surface area contributed by atoms with Crippen LogP contribution in [0.5, 0.6) is 0 Å². The zero-order valence-electron chi connectivity index (χ0n) is 9.56. The monoisotopic (exact) mass is 267 g/mol. The smallest absolute Gasteiger partial charge is 0.171 e. The van der Waals surface area contributed by atoms with E-state index in [-0.39, 0.29) is 6.04 Å². The maximum absolute atomic E-state index is 6.00. The molecule has 2 aromatic heterocycles. The van der Waals surface area contributed by atoms with Gasteiger partial charge in [0.25, 0.3) is 0 Å². The molecule has 2 heterocycles. The van der Waals surface area contributed by atoms with Gasteiger partial charge in [0.15, 0.2) is 11.0 Å². The molecule has 0 radical (unpaired) electrons. The average molecular weight is 268 g/mol. The van der Waals surface area contributed by atoms with E-state index in [1.54, 1.807) is 23.7 Å². The Morgan fingerprint density at radius 2 is 2.24 bits per heavy atom. The third-order valence-electron chi connectivity index (χ3n) is 2.43. The highest BCUT2D eigenvalue weighted by molar-refractivity contribution is 7.10. The van der Waals surface area contributed by atoms with Gasteiger partial charge in [-0.3, -0.25) is 0 Å². The lowest BCUT2D eigenvalue weighted by Gasteiger charge is -2.17. The first-order valence-corrected chi connectivity index (χ1v) is 6.83. The van der Waals surface area contributed by atoms with Crippen molar-refractivity contribution in [3.8, 4) is 0 Å². The van der Waals surface area contributed by atoms with Crippen LogP contribution in [0.15, 0.2) is 29.9 Å². The first-order valence-electron chi connectivity index (χ1n) is 5.57. The van der Waals surface area contributed by atoms with E-state index in [0.29, 0.717) is 11.0 Å². The Hall–Kier alpha value is -1.13. The van der Waals surface area contributed by atoms with Gasteiger partial charge in [0, 0.05) is 17.3 Å². The predicted octanol–water partition coefficient (Wildman–Crippen LogP) is 4.14. The Kier molecular flexibility index (Phi) is 4.34. The van der Waals surface area contributed by atoms with E-state index in [2.05, 4.69) is 39.7 Å². The SMILES string of the molecule is CCCC(Nc1nccnc1Cl)c1cccs1. The van der Waals surface area contributed by atoms with Gasteiger partial charge in [-0.2, -0.15) is 0 Å². The van der Waals surface area contributed by atoms with Gasteiger partial charge < -0.3 is 5.32 Å². The molecule has 0 aliphatic rings. The van der Waals surface area contributed by atoms with Gasteiger partial charge in [-0.25, -0.2) is 9.97 Å². The highest BCUT2D eigenvalue weighted by atomic mass is 35.5. The Labute approximate surface area is 110 Å². The lowest BCUT2D eigenvalue weighted by molar-refractivity contribution is 0.684. The second-order valence-corrected chi connectivity index (χ2v) is 5.03. The molecule has 17 heavy (non-hydrogen) atoms. The molecule has 1 atom stereocenters. The van der Waals surface area contributed by atoms with E-state index in [1.807, 2.05) is 0 Å². The molecule has 0 fully saturated rings. The number of hydrogen-bond acceptors (Lipinski definition) is 4. The van der Waals surface area contributed by atoms with Crippen LogP contribution in [0.2, 0.25) is 5.15 Å². The molecule has 90 valence electrons. The summed E-state index contributed by atoms with van der Waals surface area (Å²) in [5.74, 6) is 0.654. The van der Waals surface area contributed by atoms with Crippen LogP contribution in [0.4, 0.5) is 5.82 Å². The van der Waals surface area contributed by atoms with E-state index in [1.165, 1.54) is 4.88 Å². The van der Waals surface area contributed by atoms with Crippen molar-refractivity contribution in [2.24, 2.45) is 0 Å². The average Bonchev–Trinajstić information content (AvgIpc) is 2.85. The molecule has 0 saturated carbocycles. The largest absolute Gasteiger partial charge is 0.360 e. The van der Waals surface area contributed by atoms with E-state index in [0.717, 1.165) is 12.8 Å². The van der Waals surface area contributed by atoms with Crippen molar-refractivity contribution in [1.29, 1.82) is 0 Å². The quantitative estimate of drug-likeness (QED) is 0.885. The van der Waals surface area contributed by atoms with Crippen LogP contribution in [0, 0.1) is 0 Å². The van der Waals surface area contributed by atoms with Crippen molar-refractivity contribution in [2.45, 2.75) is 25.8 Å². The summed E-state index contributed by atoms with van der Waals surface area (Å²) in [5.41, 5.74) is 0. The highest BCUT2D eigenvalue weighted by Crippen LogP contribution is 2.28. The zero-order valence-corrected chi connectivity index (χ0v) is 11.1. The molecule has 2 aromatic rings. The van der Waals surface area contributed by atoms with Crippen LogP contribution in [-0.2, 0) is 0 Å². The summed E-state index contributed by atoms with van der Waals surface area (Å²) in [6, 6.07) is 4.44. The Morgan fingerprint density at radius 1 is 1.41 bits per heavy atom. The van der Waals surface area contributed by atoms with Crippen LogP contribution < -0.4 is 5.32 Å². The van der Waals surface area contributed by atoms with Crippen molar-refractivity contribution in [2.75, 3.05) is 5.32 Å². The van der Waals surface area contributed by atoms with E-state index < -0.39 is 0 Å². The molecule has 0 amide bonds. The van der Waals surface area contributed by atoms with Gasteiger partial charge in [-0.05, 0) is 17.9 Å². The van der Waals surface area contributed by atoms with Crippen molar-refractivity contribution in [3.63, 3.8) is 0 Å². The second kappa shape index (κ2) is 5.98. The van der Waals surface area contributed by atoms with E-state index in [4.69, 9.17) is 11.6 Å². The topological polar surface area (TPSA) is 37.8 Å². The van der Waals surface area contributed by atoms with Gasteiger partial charge in [0.1, 0.15) is 0 Å². The molecule has 0 bridgehead atoms. The fourth-order valence-corrected chi connectivity index (χ4v) is 2.62. The summed E-state index contributed by atoms with van der Waals surface area (Å²) >= 11 is 7.74. The number of rotatable bonds is 5. The number of nitrogens with one attached hydrogen (secondary N) is 1. The second-order valence-electron chi connectivity index (χ2n) is 3.70. The molecule has 2 rings (SSSR count). The highest BCUT2D eigenvalue weighted by Gasteiger charge is 2.13. The van der Waals surface area contributed by atoms with Crippen LogP contribution in [0.25, 0.3) is 0 Å². The van der Waals surface area contributed by atoms with Crippen molar-refractivity contribution in [1.82, 2.24) is 9.97 Å². The van der Waals surface area contributed by atoms with Crippen LogP contribution >= 0.6 is 22.9 Å². The third kappa shape index (κ3) is 3.17. The molecule has 1 N–H and O–H groups in total. The molecule has 0 aliphatic carbocycles. The maximum atomic E-state index is 6.00. The number of hydrogen-bond donors (Lipinski definition) is 1. The number of aromatic nitrogens is 2. The fraction of sp³-hybridized carbons (Fsp3) is 0.333. The summed E-state index contributed by atoms with van der Waals surface area (Å²) < 4.78 is 0. The molecular formula is C12H14ClN3S. The Balaban J connectivity index is 2.16. The first kappa shape index (κ1) is 12.3. The van der Waals surface area contributed by atoms with Crippen LogP contribution in [0.1, 0.15) is 30.7 Å². The molecule has 0 aromatic carbocycles. The Bertz CT molecular complexity index is 459. The minimum absolute atomic E-state index is 0.259. The standard InChI is InChI=1S/C12H14ClN3S/c1-2-4-9(10-5-3-8-17-10)16-12-11(13)14-6-7-15-12/h3,5-9H,2,4H2,1H3,(H,15,16). The maximum Gasteiger partial charge on any atom is 0.171 e. The molecule has 0 aliphatic heterocycles. The van der Waals surface area contributed by atoms with Crippen LogP contribution in [0.3, 0.4) is 0 Å². The minimum atomic E-state index is 0.259. The molecule has 3 nitrogen and oxygen atoms in total. The minimum Gasteiger partial charge on any atom is -0.360 e. The van der Waals surface area contributed by atoms with Gasteiger partial charge in [-0.15, -0.1) is 11.3 Å². The van der Waals surface area contributed by atoms with E-state index >= 15 is 0 Å². The lowest BCUT2D eigenvalue weighted by Crippen LogP contribution is -2.10. The van der Waals surface area contributed by atoms with Crippen molar-refractivity contribution >= 4 is 28.8 Å². The summed E-state index contributed by atoms with van der Waals surface area (Å²) in [6.07, 6.45) is 5.39. The molecule has 0 spiro atoms. The number of nitrogens with zero attached hydrogens (tertiary/aromatic N) is 2. The summed E-state index contributed by atoms with van der Waals surface area (Å²) in [5, 5.41) is 5.86. The summed E-state index contributed by atoms with van der Waals surface area (Å²) in [4.78, 5) is 9.53. The van der Waals surface area contributed by atoms with Gasteiger partial charge in [0.05, 0.1) is 6.04 Å². The summed E-state index contributed by atoms with van der Waals surface area (Å²) in [6.45, 7) is 2.17. The molecular weight excluding hydrogens is 254 g/mol. The van der Waals surface area contributed by atoms with Crippen molar-refractivity contribution in [3.05, 3.63) is 39.9 Å². The Morgan fingerprint density at radius 3 is 2.88 bits per heavy atom. The van der Waals surface area contributed by atoms with Gasteiger partial charge >= 0.3 is 0 Å². The van der Waals surface area contributed by atoms with Gasteiger partial charge in [0.2, 0.25) is 0 Å². The van der Waals surface area contributed by atoms with Crippen molar-refractivity contribution < 1.29 is 0 Å². The number of halogens is 1. The normalized spacial score (nSPS) is 12.4. The zero-order chi connectivity index (χ0) is 12.1. The molecule has 5 heteroatoms. The fourth-order valence-electron chi connectivity index (χ4n) is 1.65. The third-order valence-corrected chi connectivity index (χ3v) is 3.69. The number of thiophene rings is 1. The van der Waals surface area contributed by atoms with E-state index in [9.17, 15) is 0 Å². The predicted molar refractivity (Wildman–Crippen MR) is 72.6 cm³/mol. The lowest BCUT2D eigenvalue weighted by atomic mass is 10.1. The summed E-state index contributed by atoms with van der Waals surface area (Å²) in [7, 11) is 0.